The average molecular weight is 749 g/mol. The Morgan fingerprint density at radius 3 is 0.836 bits per heavy atom. The third kappa shape index (κ3) is 7.27. The van der Waals surface area contributed by atoms with E-state index in [0.29, 0.717) is 13.2 Å². The van der Waals surface area contributed by atoms with Crippen molar-refractivity contribution in [2.75, 3.05) is 13.2 Å². The third-order valence-corrected chi connectivity index (χ3v) is 19.7. The van der Waals surface area contributed by atoms with Crippen molar-refractivity contribution in [2.45, 2.75) is 25.7 Å². The molecule has 0 spiro atoms. The zero-order valence-corrected chi connectivity index (χ0v) is 33.3. The Balaban J connectivity index is 1.19. The molecule has 0 unspecified atom stereocenters. The molecular weight excluding hydrogens is 701 g/mol. The van der Waals surface area contributed by atoms with Crippen molar-refractivity contribution >= 4 is 47.8 Å². The second-order valence-electron chi connectivity index (χ2n) is 14.5. The molecule has 0 aromatic heterocycles. The smallest absolute Gasteiger partial charge is 0.288 e. The van der Waals surface area contributed by atoms with E-state index < -0.39 is 16.6 Å². The summed E-state index contributed by atoms with van der Waals surface area (Å²) in [6.45, 7) is 1.22. The maximum absolute atomic E-state index is 7.63. The first-order valence-corrected chi connectivity index (χ1v) is 23.4. The molecule has 2 aliphatic rings. The van der Waals surface area contributed by atoms with Crippen LogP contribution >= 0.6 is 0 Å². The first-order chi connectivity index (χ1) is 27.3. The van der Waals surface area contributed by atoms with Gasteiger partial charge in [0.25, 0.3) is 16.6 Å². The summed E-state index contributed by atoms with van der Waals surface area (Å²) in [5, 5.41) is 7.55. The second kappa shape index (κ2) is 17.0. The lowest BCUT2D eigenvalue weighted by molar-refractivity contribution is 0.203. The summed E-state index contributed by atoms with van der Waals surface area (Å²) in [6.07, 6.45) is 17.4. The molecule has 4 heteroatoms. The minimum atomic E-state index is -2.89. The molecule has 6 aromatic carbocycles. The topological polar surface area (TPSA) is 18.5 Å². The highest BCUT2D eigenvalue weighted by Crippen LogP contribution is 2.48. The minimum Gasteiger partial charge on any atom is -0.404 e. The van der Waals surface area contributed by atoms with Gasteiger partial charge in [0, 0.05) is 18.6 Å². The van der Waals surface area contributed by atoms with Crippen LogP contribution < -0.4 is 31.1 Å². The molecule has 6 aromatic rings. The summed E-state index contributed by atoms with van der Waals surface area (Å²) in [5.74, 6) is 0. The zero-order chi connectivity index (χ0) is 37.2. The molecule has 0 saturated carbocycles. The van der Waals surface area contributed by atoms with Gasteiger partial charge in [-0.2, -0.15) is 0 Å². The Kier molecular flexibility index (Phi) is 11.3. The van der Waals surface area contributed by atoms with Crippen LogP contribution in [0.4, 0.5) is 0 Å². The van der Waals surface area contributed by atoms with Crippen LogP contribution in [-0.4, -0.2) is 29.8 Å². The third-order valence-electron chi connectivity index (χ3n) is 11.5. The first kappa shape index (κ1) is 36.6. The molecule has 0 atom stereocenters. The van der Waals surface area contributed by atoms with Gasteiger partial charge in [-0.1, -0.05) is 230 Å². The van der Waals surface area contributed by atoms with Gasteiger partial charge in [-0.05, 0) is 56.8 Å². The molecule has 0 radical (unpaired) electrons. The quantitative estimate of drug-likeness (QED) is 0.0741. The van der Waals surface area contributed by atoms with Gasteiger partial charge < -0.3 is 8.85 Å². The van der Waals surface area contributed by atoms with Crippen LogP contribution in [0.3, 0.4) is 0 Å². The van der Waals surface area contributed by atoms with E-state index in [1.165, 1.54) is 42.3 Å². The molecule has 2 nitrogen and oxygen atoms in total. The number of benzene rings is 6. The van der Waals surface area contributed by atoms with Gasteiger partial charge in [-0.3, -0.25) is 0 Å². The monoisotopic (exact) mass is 748 g/mol. The number of rotatable bonds is 16. The molecule has 0 N–H and O–H groups in total. The fourth-order valence-electron chi connectivity index (χ4n) is 8.87. The SMILES string of the molecule is C1=CCC(C(CCO[Si](c2ccccc2)(c2ccccc2)c2ccccc2)(CCO[Si](c2ccccc2)(c2ccccc2)c2ccccc2)C2=CC=CC2)=C1. The molecule has 55 heavy (non-hydrogen) atoms. The van der Waals surface area contributed by atoms with Crippen LogP contribution in [0.2, 0.25) is 0 Å². The summed E-state index contributed by atoms with van der Waals surface area (Å²) < 4.78 is 15.3. The van der Waals surface area contributed by atoms with Crippen LogP contribution in [0.25, 0.3) is 0 Å². The van der Waals surface area contributed by atoms with E-state index in [0.717, 1.165) is 25.7 Å². The molecule has 0 fully saturated rings. The lowest BCUT2D eigenvalue weighted by Gasteiger charge is -2.41. The van der Waals surface area contributed by atoms with Gasteiger partial charge in [-0.15, -0.1) is 0 Å². The molecule has 2 aliphatic carbocycles. The lowest BCUT2D eigenvalue weighted by Crippen LogP contribution is -2.69. The molecule has 8 rings (SSSR count). The van der Waals surface area contributed by atoms with Crippen molar-refractivity contribution in [3.8, 4) is 0 Å². The van der Waals surface area contributed by atoms with E-state index in [-0.39, 0.29) is 5.41 Å². The number of allylic oxidation sites excluding steroid dienone is 8. The van der Waals surface area contributed by atoms with Crippen molar-refractivity contribution in [1.82, 2.24) is 0 Å². The van der Waals surface area contributed by atoms with Crippen LogP contribution in [0, 0.1) is 5.41 Å². The van der Waals surface area contributed by atoms with Gasteiger partial charge in [0.1, 0.15) is 0 Å². The summed E-state index contributed by atoms with van der Waals surface area (Å²) >= 11 is 0. The van der Waals surface area contributed by atoms with Gasteiger partial charge in [0.05, 0.1) is 0 Å². The van der Waals surface area contributed by atoms with E-state index in [1.54, 1.807) is 0 Å². The molecular formula is C51H48O2Si2. The van der Waals surface area contributed by atoms with E-state index in [4.69, 9.17) is 8.85 Å². The lowest BCUT2D eigenvalue weighted by atomic mass is 9.68. The van der Waals surface area contributed by atoms with Gasteiger partial charge >= 0.3 is 0 Å². The molecule has 0 bridgehead atoms. The summed E-state index contributed by atoms with van der Waals surface area (Å²) in [4.78, 5) is 0. The average Bonchev–Trinajstić information content (AvgIpc) is 4.03. The fourth-order valence-corrected chi connectivity index (χ4v) is 16.7. The Morgan fingerprint density at radius 1 is 0.364 bits per heavy atom. The summed E-state index contributed by atoms with van der Waals surface area (Å²) in [6, 6.07) is 65.6. The Morgan fingerprint density at radius 2 is 0.618 bits per heavy atom. The highest BCUT2D eigenvalue weighted by molar-refractivity contribution is 7.07. The first-order valence-electron chi connectivity index (χ1n) is 19.6. The van der Waals surface area contributed by atoms with Gasteiger partial charge in [0.15, 0.2) is 0 Å². The standard InChI is InChI=1S/C51H48O2Si2/c1-7-27-45(28-8-1)54(46-29-9-2-10-30-46,47-31-11-3-12-32-47)52-41-39-51(43-23-19-20-24-43,44-25-21-22-26-44)40-42-53-55(48-33-13-4-14-34-48,49-35-15-5-16-36-49)50-37-17-6-18-38-50/h1-23,25,27-38H,24,26,39-42H2. The highest BCUT2D eigenvalue weighted by Gasteiger charge is 2.46. The van der Waals surface area contributed by atoms with E-state index in [1.807, 2.05) is 0 Å². The van der Waals surface area contributed by atoms with Gasteiger partial charge in [-0.25, -0.2) is 0 Å². The van der Waals surface area contributed by atoms with Gasteiger partial charge in [0.2, 0.25) is 0 Å². The van der Waals surface area contributed by atoms with Crippen LogP contribution in [0.5, 0.6) is 0 Å². The number of hydrogen-bond donors (Lipinski definition) is 0. The summed E-state index contributed by atoms with van der Waals surface area (Å²) in [5.41, 5.74) is 2.67. The van der Waals surface area contributed by atoms with Crippen molar-refractivity contribution < 1.29 is 8.85 Å². The zero-order valence-electron chi connectivity index (χ0n) is 31.3. The van der Waals surface area contributed by atoms with Crippen LogP contribution in [-0.2, 0) is 8.85 Å². The fraction of sp³-hybridized carbons (Fsp3) is 0.137. The molecule has 0 heterocycles. The Bertz CT molecular complexity index is 1890. The molecule has 0 saturated heterocycles. The highest BCUT2D eigenvalue weighted by atomic mass is 28.4. The predicted octanol–water partition coefficient (Wildman–Crippen LogP) is 7.89. The Labute approximate surface area is 329 Å². The minimum absolute atomic E-state index is 0.235. The summed E-state index contributed by atoms with van der Waals surface area (Å²) in [7, 11) is -5.78. The second-order valence-corrected chi connectivity index (χ2v) is 21.3. The molecule has 272 valence electrons. The largest absolute Gasteiger partial charge is 0.404 e. The van der Waals surface area contributed by atoms with Crippen molar-refractivity contribution in [3.05, 3.63) is 230 Å². The van der Waals surface area contributed by atoms with Crippen molar-refractivity contribution in [2.24, 2.45) is 5.41 Å². The van der Waals surface area contributed by atoms with E-state index in [2.05, 4.69) is 218 Å². The predicted molar refractivity (Wildman–Crippen MR) is 235 cm³/mol. The maximum Gasteiger partial charge on any atom is 0.288 e. The normalized spacial score (nSPS) is 14.2. The maximum atomic E-state index is 7.63. The molecule has 0 amide bonds. The van der Waals surface area contributed by atoms with Crippen LogP contribution in [0.15, 0.2) is 230 Å². The molecule has 0 aliphatic heterocycles. The van der Waals surface area contributed by atoms with E-state index in [9.17, 15) is 0 Å². The van der Waals surface area contributed by atoms with Crippen molar-refractivity contribution in [1.29, 1.82) is 0 Å². The van der Waals surface area contributed by atoms with E-state index >= 15 is 0 Å². The number of hydrogen-bond acceptors (Lipinski definition) is 2. The van der Waals surface area contributed by atoms with Crippen molar-refractivity contribution in [3.63, 3.8) is 0 Å². The Hall–Kier alpha value is -5.37. The van der Waals surface area contributed by atoms with Crippen LogP contribution in [0.1, 0.15) is 25.7 Å².